The monoisotopic (exact) mass is 578 g/mol. The van der Waals surface area contributed by atoms with Gasteiger partial charge in [0.1, 0.15) is 13.2 Å². The van der Waals surface area contributed by atoms with Crippen LogP contribution >= 0.6 is 69.6 Å². The number of rotatable bonds is 6. The molecule has 0 fully saturated rings. The quantitative estimate of drug-likeness (QED) is 0.169. The number of hydrogen-bond donors (Lipinski definition) is 0. The molecular formula is C24H16Cl6O4. The van der Waals surface area contributed by atoms with Gasteiger partial charge in [-0.1, -0.05) is 124 Å². The first kappa shape index (κ1) is 26.9. The molecule has 178 valence electrons. The van der Waals surface area contributed by atoms with Crippen LogP contribution in [0.25, 0.3) is 28.0 Å². The number of benzene rings is 3. The van der Waals surface area contributed by atoms with E-state index in [1.807, 2.05) is 48.5 Å². The highest BCUT2D eigenvalue weighted by molar-refractivity contribution is 6.68. The second-order valence-corrected chi connectivity index (χ2v) is 12.1. The molecule has 0 radical (unpaired) electrons. The first-order valence-electron chi connectivity index (χ1n) is 9.70. The summed E-state index contributed by atoms with van der Waals surface area (Å²) in [5.41, 5.74) is 2.76. The van der Waals surface area contributed by atoms with Crippen molar-refractivity contribution in [3.8, 4) is 11.1 Å². The maximum Gasteiger partial charge on any atom is 0.338 e. The van der Waals surface area contributed by atoms with Gasteiger partial charge in [0.05, 0.1) is 5.56 Å². The molecule has 0 aromatic heterocycles. The van der Waals surface area contributed by atoms with Gasteiger partial charge < -0.3 is 9.47 Å². The van der Waals surface area contributed by atoms with Crippen LogP contribution in [-0.4, -0.2) is 32.7 Å². The fraction of sp³-hybridized carbons (Fsp3) is 0.167. The zero-order valence-corrected chi connectivity index (χ0v) is 21.8. The van der Waals surface area contributed by atoms with Crippen molar-refractivity contribution in [1.82, 2.24) is 0 Å². The maximum atomic E-state index is 12.7. The lowest BCUT2D eigenvalue weighted by Crippen LogP contribution is -2.17. The topological polar surface area (TPSA) is 52.6 Å². The Bertz CT molecular complexity index is 1210. The average molecular weight is 581 g/mol. The van der Waals surface area contributed by atoms with Gasteiger partial charge in [0, 0.05) is 11.5 Å². The summed E-state index contributed by atoms with van der Waals surface area (Å²) < 4.78 is 6.67. The number of ether oxygens (including phenoxy) is 2. The van der Waals surface area contributed by atoms with Crippen LogP contribution in [0.15, 0.2) is 66.7 Å². The van der Waals surface area contributed by atoms with E-state index < -0.39 is 19.5 Å². The lowest BCUT2D eigenvalue weighted by atomic mass is 9.94. The van der Waals surface area contributed by atoms with E-state index in [1.54, 1.807) is 18.2 Å². The summed E-state index contributed by atoms with van der Waals surface area (Å²) in [5, 5.41) is 1.55. The van der Waals surface area contributed by atoms with Crippen molar-refractivity contribution < 1.29 is 19.1 Å². The van der Waals surface area contributed by atoms with Gasteiger partial charge in [0.25, 0.3) is 0 Å². The van der Waals surface area contributed by atoms with Gasteiger partial charge in [-0.25, -0.2) is 9.59 Å². The Morgan fingerprint density at radius 1 is 0.765 bits per heavy atom. The van der Waals surface area contributed by atoms with Crippen LogP contribution in [0, 0.1) is 0 Å². The van der Waals surface area contributed by atoms with E-state index in [1.165, 1.54) is 6.08 Å². The molecule has 0 N–H and O–H groups in total. The molecule has 10 heteroatoms. The third kappa shape index (κ3) is 7.94. The molecule has 34 heavy (non-hydrogen) atoms. The molecule has 0 aliphatic heterocycles. The van der Waals surface area contributed by atoms with E-state index in [0.29, 0.717) is 10.9 Å². The van der Waals surface area contributed by atoms with Crippen molar-refractivity contribution in [3.05, 3.63) is 77.9 Å². The van der Waals surface area contributed by atoms with Crippen molar-refractivity contribution >= 4 is 98.4 Å². The fourth-order valence-electron chi connectivity index (χ4n) is 3.12. The minimum Gasteiger partial charge on any atom is -0.458 e. The highest BCUT2D eigenvalue weighted by Crippen LogP contribution is 2.33. The van der Waals surface area contributed by atoms with Crippen molar-refractivity contribution in [3.63, 3.8) is 0 Å². The number of fused-ring (bicyclic) bond motifs is 1. The van der Waals surface area contributed by atoms with Gasteiger partial charge in [-0.15, -0.1) is 0 Å². The van der Waals surface area contributed by atoms with Crippen LogP contribution < -0.4 is 0 Å². The highest BCUT2D eigenvalue weighted by Gasteiger charge is 2.24. The summed E-state index contributed by atoms with van der Waals surface area (Å²) in [4.78, 5) is 24.5. The molecule has 0 aliphatic rings. The molecule has 3 rings (SSSR count). The molecule has 0 bridgehead atoms. The van der Waals surface area contributed by atoms with E-state index in [9.17, 15) is 9.59 Å². The first-order chi connectivity index (χ1) is 15.9. The van der Waals surface area contributed by atoms with Crippen LogP contribution in [0.2, 0.25) is 0 Å². The third-order valence-electron chi connectivity index (χ3n) is 4.50. The Hall–Kier alpha value is -1.66. The molecule has 0 atom stereocenters. The van der Waals surface area contributed by atoms with Crippen molar-refractivity contribution in [1.29, 1.82) is 0 Å². The fourth-order valence-corrected chi connectivity index (χ4v) is 3.44. The minimum absolute atomic E-state index is 0.350. The predicted molar refractivity (Wildman–Crippen MR) is 140 cm³/mol. The van der Waals surface area contributed by atoms with Crippen molar-refractivity contribution in [2.75, 3.05) is 13.2 Å². The number of carbonyl (C=O) groups is 2. The predicted octanol–water partition coefficient (Wildman–Crippen LogP) is 7.96. The van der Waals surface area contributed by atoms with Crippen LogP contribution in [0.5, 0.6) is 0 Å². The molecular weight excluding hydrogens is 565 g/mol. The van der Waals surface area contributed by atoms with E-state index >= 15 is 0 Å². The average Bonchev–Trinajstić information content (AvgIpc) is 2.78. The SMILES string of the molecule is O=C(/C=C/c1ccc(-c2cccc3cccc(C(=O)OCC(Cl)(Cl)Cl)c23)cc1)OCC(Cl)(Cl)Cl. The van der Waals surface area contributed by atoms with Crippen LogP contribution in [0.4, 0.5) is 0 Å². The molecule has 0 saturated heterocycles. The number of esters is 2. The number of alkyl halides is 6. The second kappa shape index (κ2) is 11.4. The van der Waals surface area contributed by atoms with Gasteiger partial charge in [0.2, 0.25) is 7.59 Å². The third-order valence-corrected chi connectivity index (χ3v) is 5.16. The zero-order chi connectivity index (χ0) is 24.9. The summed E-state index contributed by atoms with van der Waals surface area (Å²) in [5.74, 6) is -1.24. The van der Waals surface area contributed by atoms with E-state index in [0.717, 1.165) is 22.1 Å². The normalized spacial score (nSPS) is 12.2. The van der Waals surface area contributed by atoms with Crippen LogP contribution in [-0.2, 0) is 14.3 Å². The zero-order valence-electron chi connectivity index (χ0n) is 17.2. The summed E-state index contributed by atoms with van der Waals surface area (Å²) in [6, 6.07) is 18.4. The molecule has 3 aromatic rings. The number of carbonyl (C=O) groups excluding carboxylic acids is 2. The summed E-state index contributed by atoms with van der Waals surface area (Å²) in [7, 11) is 0. The first-order valence-corrected chi connectivity index (χ1v) is 12.0. The summed E-state index contributed by atoms with van der Waals surface area (Å²) >= 11 is 33.8. The smallest absolute Gasteiger partial charge is 0.338 e. The van der Waals surface area contributed by atoms with Crippen LogP contribution in [0.3, 0.4) is 0 Å². The Morgan fingerprint density at radius 2 is 1.35 bits per heavy atom. The number of halogens is 6. The molecule has 0 spiro atoms. The van der Waals surface area contributed by atoms with Gasteiger partial charge in [-0.3, -0.25) is 0 Å². The van der Waals surface area contributed by atoms with Crippen molar-refractivity contribution in [2.24, 2.45) is 0 Å². The molecule has 0 heterocycles. The van der Waals surface area contributed by atoms with E-state index in [-0.39, 0.29) is 13.2 Å². The minimum atomic E-state index is -1.71. The summed E-state index contributed by atoms with van der Waals surface area (Å²) in [6.07, 6.45) is 2.81. The lowest BCUT2D eigenvalue weighted by Gasteiger charge is -2.14. The Balaban J connectivity index is 1.86. The summed E-state index contributed by atoms with van der Waals surface area (Å²) in [6.45, 7) is -0.729. The standard InChI is InChI=1S/C24H16Cl6O4/c25-23(26,27)13-33-20(31)12-9-15-7-10-16(11-8-15)18-5-1-3-17-4-2-6-19(21(17)18)22(32)34-14-24(28,29)30/h1-12H,13-14H2/b12-9+. The van der Waals surface area contributed by atoms with Gasteiger partial charge in [0.15, 0.2) is 0 Å². The molecule has 0 saturated carbocycles. The Labute approximate surface area is 226 Å². The van der Waals surface area contributed by atoms with Gasteiger partial charge in [-0.05, 0) is 34.2 Å². The largest absolute Gasteiger partial charge is 0.458 e. The molecule has 0 unspecified atom stereocenters. The van der Waals surface area contributed by atoms with E-state index in [2.05, 4.69) is 0 Å². The van der Waals surface area contributed by atoms with E-state index in [4.69, 9.17) is 79.1 Å². The van der Waals surface area contributed by atoms with Crippen LogP contribution in [0.1, 0.15) is 15.9 Å². The van der Waals surface area contributed by atoms with Gasteiger partial charge >= 0.3 is 11.9 Å². The molecule has 0 amide bonds. The Kier molecular flexibility index (Phi) is 9.02. The lowest BCUT2D eigenvalue weighted by molar-refractivity contribution is -0.137. The van der Waals surface area contributed by atoms with Gasteiger partial charge in [-0.2, -0.15) is 0 Å². The molecule has 3 aromatic carbocycles. The molecule has 0 aliphatic carbocycles. The number of hydrogen-bond acceptors (Lipinski definition) is 4. The maximum absolute atomic E-state index is 12.7. The highest BCUT2D eigenvalue weighted by atomic mass is 35.6. The Morgan fingerprint density at radius 3 is 1.97 bits per heavy atom. The van der Waals surface area contributed by atoms with Crippen molar-refractivity contribution in [2.45, 2.75) is 7.59 Å². The molecule has 4 nitrogen and oxygen atoms in total. The second-order valence-electron chi connectivity index (χ2n) is 7.08.